The lowest BCUT2D eigenvalue weighted by Crippen LogP contribution is -2.59. The van der Waals surface area contributed by atoms with Crippen LogP contribution in [0.1, 0.15) is 17.2 Å². The Labute approximate surface area is 219 Å². The summed E-state index contributed by atoms with van der Waals surface area (Å²) in [6.45, 7) is -1.30. The van der Waals surface area contributed by atoms with Gasteiger partial charge in [0.25, 0.3) is 0 Å². The van der Waals surface area contributed by atoms with E-state index in [0.29, 0.717) is 11.1 Å². The Morgan fingerprint density at radius 1 is 0.868 bits per heavy atom. The van der Waals surface area contributed by atoms with Crippen molar-refractivity contribution in [1.82, 2.24) is 0 Å². The van der Waals surface area contributed by atoms with Crippen LogP contribution in [0, 0.1) is 11.8 Å². The van der Waals surface area contributed by atoms with E-state index in [1.165, 1.54) is 38.5 Å². The summed E-state index contributed by atoms with van der Waals surface area (Å²) in [6.07, 6.45) is -8.40. The Bertz CT molecular complexity index is 1030. The van der Waals surface area contributed by atoms with Gasteiger partial charge >= 0.3 is 0 Å². The van der Waals surface area contributed by atoms with Crippen LogP contribution in [0.3, 0.4) is 0 Å². The number of aliphatic hydroxyl groups is 6. The first-order valence-corrected chi connectivity index (χ1v) is 12.1. The molecule has 0 radical (unpaired) electrons. The normalized spacial score (nSPS) is 25.9. The fourth-order valence-electron chi connectivity index (χ4n) is 4.54. The number of aromatic hydroxyl groups is 2. The minimum Gasteiger partial charge on any atom is -0.504 e. The summed E-state index contributed by atoms with van der Waals surface area (Å²) in [6, 6.07) is 8.98. The summed E-state index contributed by atoms with van der Waals surface area (Å²) in [5.41, 5.74) is 1.04. The Kier molecular flexibility index (Phi) is 10.5. The van der Waals surface area contributed by atoms with Crippen LogP contribution in [-0.2, 0) is 15.9 Å². The molecule has 1 saturated heterocycles. The van der Waals surface area contributed by atoms with Crippen molar-refractivity contribution in [3.63, 3.8) is 0 Å². The van der Waals surface area contributed by atoms with Crippen molar-refractivity contribution >= 4 is 0 Å². The van der Waals surface area contributed by atoms with E-state index < -0.39 is 61.9 Å². The van der Waals surface area contributed by atoms with E-state index in [2.05, 4.69) is 0 Å². The van der Waals surface area contributed by atoms with Gasteiger partial charge in [-0.05, 0) is 47.7 Å². The number of phenolic OH excluding ortho intramolecular Hbond substituents is 2. The van der Waals surface area contributed by atoms with E-state index in [0.717, 1.165) is 0 Å². The number of aliphatic hydroxyl groups excluding tert-OH is 6. The number of phenols is 2. The molecule has 1 fully saturated rings. The Balaban J connectivity index is 1.89. The zero-order valence-electron chi connectivity index (χ0n) is 21.1. The molecule has 0 amide bonds. The van der Waals surface area contributed by atoms with Crippen molar-refractivity contribution in [3.05, 3.63) is 47.5 Å². The van der Waals surface area contributed by atoms with Gasteiger partial charge in [0, 0.05) is 12.5 Å². The van der Waals surface area contributed by atoms with Crippen LogP contribution in [0.5, 0.6) is 23.0 Å². The van der Waals surface area contributed by atoms with Crippen LogP contribution in [0.25, 0.3) is 0 Å². The lowest BCUT2D eigenvalue weighted by atomic mass is 9.81. The van der Waals surface area contributed by atoms with Crippen molar-refractivity contribution in [2.24, 2.45) is 11.8 Å². The SMILES string of the molecule is COc1cc(CC(COC2OC(CO)C(O)C(O)C2O)C(CO)C(O)c2ccc(O)c(OC)c2)ccc1O. The largest absolute Gasteiger partial charge is 0.504 e. The van der Waals surface area contributed by atoms with Crippen LogP contribution in [-0.4, -0.2) is 106 Å². The van der Waals surface area contributed by atoms with Gasteiger partial charge in [-0.2, -0.15) is 0 Å². The predicted molar refractivity (Wildman–Crippen MR) is 132 cm³/mol. The number of hydrogen-bond acceptors (Lipinski definition) is 12. The highest BCUT2D eigenvalue weighted by atomic mass is 16.7. The highest BCUT2D eigenvalue weighted by Gasteiger charge is 2.44. The maximum Gasteiger partial charge on any atom is 0.186 e. The molecule has 0 spiro atoms. The molecule has 0 bridgehead atoms. The van der Waals surface area contributed by atoms with Crippen LogP contribution in [0.4, 0.5) is 0 Å². The Morgan fingerprint density at radius 3 is 2.11 bits per heavy atom. The van der Waals surface area contributed by atoms with Crippen LogP contribution in [0.15, 0.2) is 36.4 Å². The maximum atomic E-state index is 11.2. The first-order valence-electron chi connectivity index (χ1n) is 12.1. The molecule has 0 aliphatic carbocycles. The van der Waals surface area contributed by atoms with Crippen LogP contribution >= 0.6 is 0 Å². The Hall–Kier alpha value is -2.68. The zero-order valence-corrected chi connectivity index (χ0v) is 21.1. The van der Waals surface area contributed by atoms with E-state index in [9.17, 15) is 40.9 Å². The number of rotatable bonds is 12. The molecule has 2 aromatic rings. The van der Waals surface area contributed by atoms with Crippen molar-refractivity contribution in [2.45, 2.75) is 43.2 Å². The van der Waals surface area contributed by atoms with E-state index in [-0.39, 0.29) is 36.0 Å². The number of ether oxygens (including phenoxy) is 4. The standard InChI is InChI=1S/C26H36O12/c1-35-19-8-13(3-5-17(19)29)7-15(12-37-26-25(34)24(33)23(32)21(11-28)38-26)16(10-27)22(31)14-4-6-18(30)20(9-14)36-2/h3-6,8-9,15-16,21-34H,7,10-12H2,1-2H3. The van der Waals surface area contributed by atoms with Crippen molar-refractivity contribution in [2.75, 3.05) is 34.0 Å². The van der Waals surface area contributed by atoms with Gasteiger partial charge in [0.15, 0.2) is 29.3 Å². The molecule has 3 rings (SSSR count). The zero-order chi connectivity index (χ0) is 28.0. The molecule has 38 heavy (non-hydrogen) atoms. The molecule has 0 aromatic heterocycles. The van der Waals surface area contributed by atoms with E-state index >= 15 is 0 Å². The Morgan fingerprint density at radius 2 is 1.50 bits per heavy atom. The van der Waals surface area contributed by atoms with Crippen LogP contribution < -0.4 is 9.47 Å². The molecule has 8 N–H and O–H groups in total. The molecule has 1 aliphatic rings. The first kappa shape index (κ1) is 29.9. The molecule has 12 heteroatoms. The quantitative estimate of drug-likeness (QED) is 0.171. The topological polar surface area (TPSA) is 199 Å². The lowest BCUT2D eigenvalue weighted by Gasteiger charge is -2.40. The van der Waals surface area contributed by atoms with E-state index in [1.54, 1.807) is 12.1 Å². The third kappa shape index (κ3) is 6.65. The fourth-order valence-corrected chi connectivity index (χ4v) is 4.54. The van der Waals surface area contributed by atoms with Gasteiger partial charge in [-0.1, -0.05) is 12.1 Å². The number of methoxy groups -OCH3 is 2. The highest BCUT2D eigenvalue weighted by Crippen LogP contribution is 2.36. The molecule has 12 nitrogen and oxygen atoms in total. The second kappa shape index (κ2) is 13.4. The molecule has 8 unspecified atom stereocenters. The molecule has 1 heterocycles. The van der Waals surface area contributed by atoms with Gasteiger partial charge in [-0.25, -0.2) is 0 Å². The second-order valence-corrected chi connectivity index (χ2v) is 9.22. The third-order valence-electron chi connectivity index (χ3n) is 6.83. The summed E-state index contributed by atoms with van der Waals surface area (Å²) in [4.78, 5) is 0. The van der Waals surface area contributed by atoms with Gasteiger partial charge in [-0.3, -0.25) is 0 Å². The third-order valence-corrected chi connectivity index (χ3v) is 6.83. The van der Waals surface area contributed by atoms with E-state index in [4.69, 9.17) is 18.9 Å². The molecule has 1 aliphatic heterocycles. The van der Waals surface area contributed by atoms with Crippen LogP contribution in [0.2, 0.25) is 0 Å². The number of hydrogen-bond donors (Lipinski definition) is 8. The maximum absolute atomic E-state index is 11.2. The summed E-state index contributed by atoms with van der Waals surface area (Å²) in [5, 5.41) is 81.4. The lowest BCUT2D eigenvalue weighted by molar-refractivity contribution is -0.304. The number of benzene rings is 2. The van der Waals surface area contributed by atoms with Gasteiger partial charge in [0.1, 0.15) is 24.4 Å². The summed E-state index contributed by atoms with van der Waals surface area (Å²) in [7, 11) is 2.76. The highest BCUT2D eigenvalue weighted by molar-refractivity contribution is 5.43. The predicted octanol–water partition coefficient (Wildman–Crippen LogP) is -0.568. The van der Waals surface area contributed by atoms with Crippen molar-refractivity contribution < 1.29 is 59.8 Å². The fraction of sp³-hybridized carbons (Fsp3) is 0.538. The molecule has 2 aromatic carbocycles. The van der Waals surface area contributed by atoms with Crippen molar-refractivity contribution in [3.8, 4) is 23.0 Å². The van der Waals surface area contributed by atoms with Gasteiger partial charge in [0.05, 0.1) is 33.5 Å². The van der Waals surface area contributed by atoms with Gasteiger partial charge < -0.3 is 59.8 Å². The van der Waals surface area contributed by atoms with Gasteiger partial charge in [-0.15, -0.1) is 0 Å². The van der Waals surface area contributed by atoms with Crippen molar-refractivity contribution in [1.29, 1.82) is 0 Å². The smallest absolute Gasteiger partial charge is 0.186 e. The molecular formula is C26H36O12. The van der Waals surface area contributed by atoms with E-state index in [1.807, 2.05) is 0 Å². The molecule has 212 valence electrons. The second-order valence-electron chi connectivity index (χ2n) is 9.22. The summed E-state index contributed by atoms with van der Waals surface area (Å²) < 4.78 is 21.5. The average molecular weight is 541 g/mol. The minimum atomic E-state index is -1.63. The molecular weight excluding hydrogens is 504 g/mol. The minimum absolute atomic E-state index is 0.0692. The monoisotopic (exact) mass is 540 g/mol. The summed E-state index contributed by atoms with van der Waals surface area (Å²) in [5.74, 6) is -1.30. The summed E-state index contributed by atoms with van der Waals surface area (Å²) >= 11 is 0. The first-order chi connectivity index (χ1) is 18.1. The molecule has 0 saturated carbocycles. The average Bonchev–Trinajstić information content (AvgIpc) is 2.92. The van der Waals surface area contributed by atoms with Gasteiger partial charge in [0.2, 0.25) is 0 Å². The molecule has 8 atom stereocenters.